The van der Waals surface area contributed by atoms with Crippen molar-refractivity contribution in [3.63, 3.8) is 0 Å². The van der Waals surface area contributed by atoms with Gasteiger partial charge in [-0.25, -0.2) is 0 Å². The molecule has 0 saturated heterocycles. The van der Waals surface area contributed by atoms with Crippen LogP contribution in [0.15, 0.2) is 41.6 Å². The second kappa shape index (κ2) is 4.60. The van der Waals surface area contributed by atoms with Gasteiger partial charge in [-0.3, -0.25) is 0 Å². The second-order valence-corrected chi connectivity index (χ2v) is 9.43. The van der Waals surface area contributed by atoms with Crippen LogP contribution in [-0.4, -0.2) is 8.07 Å². The highest BCUT2D eigenvalue weighted by molar-refractivity contribution is 6.83. The molecule has 1 heteroatoms. The topological polar surface area (TPSA) is 0 Å². The SMILES string of the molecule is CC=C(C)[Si](C)(C)Cc1ccccc1. The van der Waals surface area contributed by atoms with E-state index in [1.54, 1.807) is 5.20 Å². The molecule has 0 spiro atoms. The zero-order valence-corrected chi connectivity index (χ0v) is 10.7. The molecule has 14 heavy (non-hydrogen) atoms. The Bertz CT molecular complexity index is 309. The molecular weight excluding hydrogens is 184 g/mol. The van der Waals surface area contributed by atoms with Gasteiger partial charge in [-0.15, -0.1) is 0 Å². The summed E-state index contributed by atoms with van der Waals surface area (Å²) >= 11 is 0. The van der Waals surface area contributed by atoms with Crippen LogP contribution in [0.4, 0.5) is 0 Å². The van der Waals surface area contributed by atoms with Gasteiger partial charge in [0.2, 0.25) is 0 Å². The van der Waals surface area contributed by atoms with E-state index in [1.807, 2.05) is 0 Å². The van der Waals surface area contributed by atoms with Crippen LogP contribution in [0.3, 0.4) is 0 Å². The monoisotopic (exact) mass is 204 g/mol. The summed E-state index contributed by atoms with van der Waals surface area (Å²) in [5.74, 6) is 0. The van der Waals surface area contributed by atoms with Crippen molar-refractivity contribution in [2.24, 2.45) is 0 Å². The number of rotatable bonds is 3. The Balaban J connectivity index is 2.79. The summed E-state index contributed by atoms with van der Waals surface area (Å²) in [7, 11) is -1.19. The average Bonchev–Trinajstić information content (AvgIpc) is 2.17. The summed E-state index contributed by atoms with van der Waals surface area (Å²) in [4.78, 5) is 0. The average molecular weight is 204 g/mol. The molecule has 0 unspecified atom stereocenters. The maximum Gasteiger partial charge on any atom is 0.0789 e. The molecule has 0 aliphatic rings. The number of allylic oxidation sites excluding steroid dienone is 2. The molecule has 0 bridgehead atoms. The second-order valence-electron chi connectivity index (χ2n) is 4.52. The largest absolute Gasteiger partial charge is 0.0925 e. The first-order valence-corrected chi connectivity index (χ1v) is 8.44. The van der Waals surface area contributed by atoms with Crippen molar-refractivity contribution in [3.05, 3.63) is 47.2 Å². The summed E-state index contributed by atoms with van der Waals surface area (Å²) in [5, 5.41) is 1.60. The summed E-state index contributed by atoms with van der Waals surface area (Å²) in [6.07, 6.45) is 2.27. The van der Waals surface area contributed by atoms with Gasteiger partial charge in [0.15, 0.2) is 0 Å². The molecule has 0 saturated carbocycles. The van der Waals surface area contributed by atoms with Crippen LogP contribution in [0.2, 0.25) is 13.1 Å². The highest BCUT2D eigenvalue weighted by Crippen LogP contribution is 2.19. The first-order valence-electron chi connectivity index (χ1n) is 5.23. The van der Waals surface area contributed by atoms with E-state index in [9.17, 15) is 0 Å². The molecule has 0 N–H and O–H groups in total. The van der Waals surface area contributed by atoms with E-state index in [0.717, 1.165) is 0 Å². The zero-order chi connectivity index (χ0) is 10.6. The van der Waals surface area contributed by atoms with E-state index < -0.39 is 8.07 Å². The van der Waals surface area contributed by atoms with Crippen molar-refractivity contribution in [1.82, 2.24) is 0 Å². The Morgan fingerprint density at radius 2 is 1.79 bits per heavy atom. The first-order chi connectivity index (χ1) is 6.56. The lowest BCUT2D eigenvalue weighted by Crippen LogP contribution is -2.31. The zero-order valence-electron chi connectivity index (χ0n) is 9.67. The van der Waals surface area contributed by atoms with Crippen LogP contribution < -0.4 is 0 Å². The van der Waals surface area contributed by atoms with Crippen LogP contribution in [-0.2, 0) is 6.04 Å². The Kier molecular flexibility index (Phi) is 3.70. The van der Waals surface area contributed by atoms with Gasteiger partial charge in [-0.2, -0.15) is 0 Å². The van der Waals surface area contributed by atoms with Crippen LogP contribution in [0.1, 0.15) is 19.4 Å². The molecule has 1 aromatic carbocycles. The van der Waals surface area contributed by atoms with Gasteiger partial charge in [-0.05, 0) is 19.9 Å². The molecule has 76 valence electrons. The summed E-state index contributed by atoms with van der Waals surface area (Å²) in [5.41, 5.74) is 1.48. The molecule has 0 nitrogen and oxygen atoms in total. The van der Waals surface area contributed by atoms with Gasteiger partial charge in [-0.1, -0.05) is 60.3 Å². The quantitative estimate of drug-likeness (QED) is 0.653. The van der Waals surface area contributed by atoms with Crippen LogP contribution in [0, 0.1) is 0 Å². The van der Waals surface area contributed by atoms with Crippen LogP contribution in [0.25, 0.3) is 0 Å². The fraction of sp³-hybridized carbons (Fsp3) is 0.385. The van der Waals surface area contributed by atoms with E-state index in [1.165, 1.54) is 11.6 Å². The van der Waals surface area contributed by atoms with Gasteiger partial charge in [0.05, 0.1) is 8.07 Å². The predicted octanol–water partition coefficient (Wildman–Crippen LogP) is 3.98. The van der Waals surface area contributed by atoms with Crippen molar-refractivity contribution < 1.29 is 0 Å². The third kappa shape index (κ3) is 2.84. The van der Waals surface area contributed by atoms with E-state index in [0.29, 0.717) is 0 Å². The smallest absolute Gasteiger partial charge is 0.0789 e. The molecule has 1 aromatic rings. The fourth-order valence-corrected chi connectivity index (χ4v) is 3.95. The molecule has 0 aliphatic heterocycles. The number of hydrogen-bond acceptors (Lipinski definition) is 0. The van der Waals surface area contributed by atoms with Gasteiger partial charge in [0.1, 0.15) is 0 Å². The molecular formula is C13H20Si. The lowest BCUT2D eigenvalue weighted by Gasteiger charge is -2.23. The van der Waals surface area contributed by atoms with E-state index in [4.69, 9.17) is 0 Å². The minimum atomic E-state index is -1.19. The minimum Gasteiger partial charge on any atom is -0.0925 e. The Morgan fingerprint density at radius 1 is 1.21 bits per heavy atom. The molecule has 0 aromatic heterocycles. The molecule has 0 radical (unpaired) electrons. The summed E-state index contributed by atoms with van der Waals surface area (Å²) < 4.78 is 0. The van der Waals surface area contributed by atoms with Gasteiger partial charge < -0.3 is 0 Å². The lowest BCUT2D eigenvalue weighted by atomic mass is 10.2. The molecule has 0 amide bonds. The van der Waals surface area contributed by atoms with Crippen molar-refractivity contribution >= 4 is 8.07 Å². The fourth-order valence-electron chi connectivity index (χ4n) is 1.64. The maximum atomic E-state index is 2.44. The minimum absolute atomic E-state index is 1.19. The first kappa shape index (κ1) is 11.3. The van der Waals surface area contributed by atoms with E-state index in [2.05, 4.69) is 63.3 Å². The number of hydrogen-bond donors (Lipinski definition) is 0. The highest BCUT2D eigenvalue weighted by atomic mass is 28.3. The van der Waals surface area contributed by atoms with Crippen molar-refractivity contribution in [2.45, 2.75) is 33.0 Å². The van der Waals surface area contributed by atoms with Gasteiger partial charge >= 0.3 is 0 Å². The van der Waals surface area contributed by atoms with Crippen molar-refractivity contribution in [3.8, 4) is 0 Å². The Labute approximate surface area is 88.7 Å². The summed E-state index contributed by atoms with van der Waals surface area (Å²) in [6.45, 7) is 9.30. The number of benzene rings is 1. The molecule has 1 rings (SSSR count). The molecule has 0 atom stereocenters. The van der Waals surface area contributed by atoms with Gasteiger partial charge in [0, 0.05) is 0 Å². The summed E-state index contributed by atoms with van der Waals surface area (Å²) in [6, 6.07) is 12.1. The Hall–Kier alpha value is -0.823. The third-order valence-corrected chi connectivity index (χ3v) is 6.71. The highest BCUT2D eigenvalue weighted by Gasteiger charge is 2.22. The van der Waals surface area contributed by atoms with Crippen LogP contribution >= 0.6 is 0 Å². The van der Waals surface area contributed by atoms with Crippen molar-refractivity contribution in [2.75, 3.05) is 0 Å². The maximum absolute atomic E-state index is 2.44. The van der Waals surface area contributed by atoms with Crippen LogP contribution in [0.5, 0.6) is 0 Å². The molecule has 0 fully saturated rings. The third-order valence-electron chi connectivity index (χ3n) is 2.99. The predicted molar refractivity (Wildman–Crippen MR) is 67.1 cm³/mol. The lowest BCUT2D eigenvalue weighted by molar-refractivity contribution is 1.29. The molecule has 0 heterocycles. The van der Waals surface area contributed by atoms with Crippen molar-refractivity contribution in [1.29, 1.82) is 0 Å². The van der Waals surface area contributed by atoms with E-state index in [-0.39, 0.29) is 0 Å². The normalized spacial score (nSPS) is 13.0. The van der Waals surface area contributed by atoms with E-state index >= 15 is 0 Å². The van der Waals surface area contributed by atoms with Gasteiger partial charge in [0.25, 0.3) is 0 Å². The standard InChI is InChI=1S/C13H20Si/c1-5-12(2)14(3,4)11-13-9-7-6-8-10-13/h5-10H,11H2,1-4H3. The molecule has 0 aliphatic carbocycles. The Morgan fingerprint density at radius 3 is 2.29 bits per heavy atom.